The molecule has 0 amide bonds. The highest BCUT2D eigenvalue weighted by atomic mass is 15.2. The Hall–Kier alpha value is -1.55. The van der Waals surface area contributed by atoms with Gasteiger partial charge >= 0.3 is 0 Å². The molecule has 1 aliphatic heterocycles. The van der Waals surface area contributed by atoms with Gasteiger partial charge in [-0.15, -0.1) is 0 Å². The first-order valence-electron chi connectivity index (χ1n) is 5.50. The molecule has 1 aliphatic rings. The second-order valence-corrected chi connectivity index (χ2v) is 4.38. The van der Waals surface area contributed by atoms with Crippen LogP contribution in [-0.4, -0.2) is 24.6 Å². The molecule has 0 aromatic heterocycles. The first kappa shape index (κ1) is 11.0. The molecule has 0 saturated carbocycles. The average Bonchev–Trinajstić information content (AvgIpc) is 2.23. The number of hydrogen-bond donors (Lipinski definition) is 3. The molecule has 5 N–H and O–H groups in total. The summed E-state index contributed by atoms with van der Waals surface area (Å²) in [5.41, 5.74) is 12.1. The SMILES string of the molecule is CC(c1ccccc1)C1(N=C(N)N)CNC1. The maximum absolute atomic E-state index is 5.50. The third-order valence-corrected chi connectivity index (χ3v) is 3.32. The lowest BCUT2D eigenvalue weighted by atomic mass is 9.76. The first-order chi connectivity index (χ1) is 7.64. The van der Waals surface area contributed by atoms with Crippen molar-refractivity contribution in [2.24, 2.45) is 16.5 Å². The van der Waals surface area contributed by atoms with Crippen molar-refractivity contribution < 1.29 is 0 Å². The molecular weight excluding hydrogens is 200 g/mol. The molecule has 1 atom stereocenters. The van der Waals surface area contributed by atoms with Crippen LogP contribution in [0.3, 0.4) is 0 Å². The third-order valence-electron chi connectivity index (χ3n) is 3.32. The number of guanidine groups is 1. The monoisotopic (exact) mass is 218 g/mol. The van der Waals surface area contributed by atoms with Crippen molar-refractivity contribution in [3.8, 4) is 0 Å². The molecule has 2 rings (SSSR count). The summed E-state index contributed by atoms with van der Waals surface area (Å²) in [5.74, 6) is 0.487. The molecule has 86 valence electrons. The van der Waals surface area contributed by atoms with Crippen LogP contribution in [0.15, 0.2) is 35.3 Å². The average molecular weight is 218 g/mol. The lowest BCUT2D eigenvalue weighted by molar-refractivity contribution is 0.243. The predicted molar refractivity (Wildman–Crippen MR) is 66.3 cm³/mol. The Balaban J connectivity index is 2.26. The summed E-state index contributed by atoms with van der Waals surface area (Å²) in [7, 11) is 0. The van der Waals surface area contributed by atoms with Gasteiger partial charge in [-0.25, -0.2) is 4.99 Å². The second kappa shape index (κ2) is 4.14. The number of rotatable bonds is 3. The fourth-order valence-electron chi connectivity index (χ4n) is 2.17. The molecule has 1 heterocycles. The van der Waals surface area contributed by atoms with Gasteiger partial charge in [0.15, 0.2) is 5.96 Å². The minimum Gasteiger partial charge on any atom is -0.370 e. The Morgan fingerprint density at radius 2 is 1.94 bits per heavy atom. The molecule has 4 heteroatoms. The molecule has 0 aliphatic carbocycles. The highest BCUT2D eigenvalue weighted by molar-refractivity contribution is 5.76. The summed E-state index contributed by atoms with van der Waals surface area (Å²) in [4.78, 5) is 4.40. The van der Waals surface area contributed by atoms with Gasteiger partial charge in [0.1, 0.15) is 0 Å². The Bertz CT molecular complexity index is 377. The largest absolute Gasteiger partial charge is 0.370 e. The molecule has 1 aromatic rings. The van der Waals surface area contributed by atoms with E-state index in [4.69, 9.17) is 11.5 Å². The molecule has 16 heavy (non-hydrogen) atoms. The van der Waals surface area contributed by atoms with E-state index in [-0.39, 0.29) is 11.5 Å². The van der Waals surface area contributed by atoms with Crippen LogP contribution >= 0.6 is 0 Å². The van der Waals surface area contributed by atoms with Crippen LogP contribution in [0, 0.1) is 0 Å². The number of nitrogens with one attached hydrogen (secondary N) is 1. The molecule has 0 spiro atoms. The number of aliphatic imine (C=N–C) groups is 1. The number of benzene rings is 1. The van der Waals surface area contributed by atoms with E-state index in [0.717, 1.165) is 13.1 Å². The zero-order valence-corrected chi connectivity index (χ0v) is 9.48. The molecular formula is C12H18N4. The van der Waals surface area contributed by atoms with Gasteiger partial charge in [0.05, 0.1) is 5.54 Å². The van der Waals surface area contributed by atoms with E-state index in [0.29, 0.717) is 5.92 Å². The first-order valence-corrected chi connectivity index (χ1v) is 5.50. The molecule has 1 unspecified atom stereocenters. The minimum absolute atomic E-state index is 0.166. The topological polar surface area (TPSA) is 76.4 Å². The summed E-state index contributed by atoms with van der Waals surface area (Å²) in [6.45, 7) is 3.84. The zero-order chi connectivity index (χ0) is 11.6. The standard InChI is InChI=1S/C12H18N4/c1-9(10-5-3-2-4-6-10)12(7-15-8-12)16-11(13)14/h2-6,9,15H,7-8H2,1H3,(H4,13,14,16). The minimum atomic E-state index is -0.166. The molecule has 0 bridgehead atoms. The van der Waals surface area contributed by atoms with Crippen LogP contribution in [0.5, 0.6) is 0 Å². The van der Waals surface area contributed by atoms with E-state index in [9.17, 15) is 0 Å². The highest BCUT2D eigenvalue weighted by Gasteiger charge is 2.42. The smallest absolute Gasteiger partial charge is 0.186 e. The summed E-state index contributed by atoms with van der Waals surface area (Å²) in [6, 6.07) is 10.3. The summed E-state index contributed by atoms with van der Waals surface area (Å²) >= 11 is 0. The van der Waals surface area contributed by atoms with Crippen LogP contribution < -0.4 is 16.8 Å². The summed E-state index contributed by atoms with van der Waals surface area (Å²) in [5, 5.41) is 3.24. The van der Waals surface area contributed by atoms with Gasteiger partial charge in [-0.1, -0.05) is 37.3 Å². The van der Waals surface area contributed by atoms with Crippen LogP contribution in [0.4, 0.5) is 0 Å². The van der Waals surface area contributed by atoms with Crippen molar-refractivity contribution in [3.05, 3.63) is 35.9 Å². The van der Waals surface area contributed by atoms with Gasteiger partial charge in [0.25, 0.3) is 0 Å². The number of nitrogens with zero attached hydrogens (tertiary/aromatic N) is 1. The van der Waals surface area contributed by atoms with Crippen molar-refractivity contribution in [2.45, 2.75) is 18.4 Å². The van der Waals surface area contributed by atoms with Crippen LogP contribution in [-0.2, 0) is 0 Å². The van der Waals surface area contributed by atoms with Crippen molar-refractivity contribution in [2.75, 3.05) is 13.1 Å². The third kappa shape index (κ3) is 1.88. The van der Waals surface area contributed by atoms with E-state index in [1.807, 2.05) is 18.2 Å². The maximum Gasteiger partial charge on any atom is 0.186 e. The Morgan fingerprint density at radius 1 is 1.31 bits per heavy atom. The molecule has 1 saturated heterocycles. The quantitative estimate of drug-likeness (QED) is 0.508. The Kier molecular flexibility index (Phi) is 2.83. The molecule has 1 fully saturated rings. The second-order valence-electron chi connectivity index (χ2n) is 4.38. The summed E-state index contributed by atoms with van der Waals surface area (Å²) in [6.07, 6.45) is 0. The molecule has 4 nitrogen and oxygen atoms in total. The van der Waals surface area contributed by atoms with E-state index < -0.39 is 0 Å². The van der Waals surface area contributed by atoms with Crippen LogP contribution in [0.2, 0.25) is 0 Å². The molecule has 1 aromatic carbocycles. The van der Waals surface area contributed by atoms with Crippen LogP contribution in [0.25, 0.3) is 0 Å². The Morgan fingerprint density at radius 3 is 2.38 bits per heavy atom. The lowest BCUT2D eigenvalue weighted by Gasteiger charge is -2.44. The normalized spacial score (nSPS) is 19.6. The van der Waals surface area contributed by atoms with E-state index in [1.54, 1.807) is 0 Å². The van der Waals surface area contributed by atoms with E-state index in [2.05, 4.69) is 29.4 Å². The van der Waals surface area contributed by atoms with Gasteiger partial charge in [-0.05, 0) is 5.56 Å². The maximum atomic E-state index is 5.50. The van der Waals surface area contributed by atoms with Gasteiger partial charge in [0, 0.05) is 19.0 Å². The highest BCUT2D eigenvalue weighted by Crippen LogP contribution is 2.34. The van der Waals surface area contributed by atoms with Crippen molar-refractivity contribution in [3.63, 3.8) is 0 Å². The van der Waals surface area contributed by atoms with Crippen molar-refractivity contribution in [1.29, 1.82) is 0 Å². The van der Waals surface area contributed by atoms with E-state index in [1.165, 1.54) is 5.56 Å². The summed E-state index contributed by atoms with van der Waals surface area (Å²) < 4.78 is 0. The van der Waals surface area contributed by atoms with Gasteiger partial charge in [0.2, 0.25) is 0 Å². The van der Waals surface area contributed by atoms with Crippen molar-refractivity contribution in [1.82, 2.24) is 5.32 Å². The van der Waals surface area contributed by atoms with Gasteiger partial charge < -0.3 is 16.8 Å². The fourth-order valence-corrected chi connectivity index (χ4v) is 2.17. The number of nitrogens with two attached hydrogens (primary N) is 2. The fraction of sp³-hybridized carbons (Fsp3) is 0.417. The van der Waals surface area contributed by atoms with Crippen LogP contribution in [0.1, 0.15) is 18.4 Å². The predicted octanol–water partition coefficient (Wildman–Crippen LogP) is 0.406. The Labute approximate surface area is 95.7 Å². The number of hydrogen-bond acceptors (Lipinski definition) is 2. The van der Waals surface area contributed by atoms with Crippen molar-refractivity contribution >= 4 is 5.96 Å². The molecule has 0 radical (unpaired) electrons. The zero-order valence-electron chi connectivity index (χ0n) is 9.48. The van der Waals surface area contributed by atoms with E-state index >= 15 is 0 Å². The van der Waals surface area contributed by atoms with Gasteiger partial charge in [-0.3, -0.25) is 0 Å². The van der Waals surface area contributed by atoms with Gasteiger partial charge in [-0.2, -0.15) is 0 Å². The lowest BCUT2D eigenvalue weighted by Crippen LogP contribution is -2.62.